The van der Waals surface area contributed by atoms with E-state index in [1.165, 1.54) is 0 Å². The van der Waals surface area contributed by atoms with Gasteiger partial charge in [-0.3, -0.25) is 4.40 Å². The molecule has 8 heteroatoms. The quantitative estimate of drug-likeness (QED) is 0.774. The Bertz CT molecular complexity index is 1030. The summed E-state index contributed by atoms with van der Waals surface area (Å²) in [6, 6.07) is 8.95. The molecule has 0 radical (unpaired) electrons. The van der Waals surface area contributed by atoms with Crippen LogP contribution in [0.1, 0.15) is 17.0 Å². The summed E-state index contributed by atoms with van der Waals surface area (Å²) in [4.78, 5) is 0.169. The number of sulfonamides is 1. The Morgan fingerprint density at radius 1 is 1.25 bits per heavy atom. The van der Waals surface area contributed by atoms with Crippen LogP contribution < -0.4 is 9.46 Å². The van der Waals surface area contributed by atoms with Gasteiger partial charge in [-0.1, -0.05) is 18.2 Å². The number of fused-ring (bicyclic) bond motifs is 2. The molecular formula is C16H16N4O3S. The van der Waals surface area contributed by atoms with Crippen LogP contribution in [-0.2, 0) is 23.0 Å². The van der Waals surface area contributed by atoms with Gasteiger partial charge in [0.1, 0.15) is 10.6 Å². The second kappa shape index (κ2) is 5.57. The number of benzene rings is 1. The molecule has 1 aliphatic heterocycles. The van der Waals surface area contributed by atoms with Gasteiger partial charge in [-0.25, -0.2) is 13.1 Å². The molecule has 0 aliphatic carbocycles. The molecule has 24 heavy (non-hydrogen) atoms. The van der Waals surface area contributed by atoms with Crippen molar-refractivity contribution in [1.82, 2.24) is 19.3 Å². The molecule has 3 aromatic rings. The average Bonchev–Trinajstić information content (AvgIpc) is 3.19. The normalized spacial score (nSPS) is 13.9. The predicted molar refractivity (Wildman–Crippen MR) is 87.4 cm³/mol. The van der Waals surface area contributed by atoms with Crippen molar-refractivity contribution in [2.75, 3.05) is 6.61 Å². The van der Waals surface area contributed by atoms with E-state index >= 15 is 0 Å². The van der Waals surface area contributed by atoms with Crippen LogP contribution in [0.15, 0.2) is 41.4 Å². The van der Waals surface area contributed by atoms with Crippen LogP contribution in [0.3, 0.4) is 0 Å². The molecule has 2 aromatic heterocycles. The van der Waals surface area contributed by atoms with Crippen molar-refractivity contribution >= 4 is 15.7 Å². The summed E-state index contributed by atoms with van der Waals surface area (Å²) in [5, 5.41) is 8.10. The number of aryl methyl sites for hydroxylation is 1. The lowest BCUT2D eigenvalue weighted by molar-refractivity contribution is 0.348. The second-order valence-corrected chi connectivity index (χ2v) is 7.45. The maximum absolute atomic E-state index is 12.6. The number of ether oxygens (including phenoxy) is 1. The molecular weight excluding hydrogens is 328 g/mol. The summed E-state index contributed by atoms with van der Waals surface area (Å²) in [5.74, 6) is 0.984. The van der Waals surface area contributed by atoms with Crippen LogP contribution >= 0.6 is 0 Å². The third kappa shape index (κ3) is 2.53. The molecule has 7 nitrogen and oxygen atoms in total. The van der Waals surface area contributed by atoms with Gasteiger partial charge in [-0.2, -0.15) is 0 Å². The number of pyridine rings is 1. The van der Waals surface area contributed by atoms with E-state index in [1.807, 2.05) is 31.3 Å². The highest BCUT2D eigenvalue weighted by Gasteiger charge is 2.25. The van der Waals surface area contributed by atoms with Crippen molar-refractivity contribution in [2.24, 2.45) is 0 Å². The van der Waals surface area contributed by atoms with Gasteiger partial charge in [-0.15, -0.1) is 10.2 Å². The highest BCUT2D eigenvalue weighted by Crippen LogP contribution is 2.32. The summed E-state index contributed by atoms with van der Waals surface area (Å²) in [5.41, 5.74) is 2.64. The third-order valence-corrected chi connectivity index (χ3v) is 5.43. The molecule has 3 heterocycles. The lowest BCUT2D eigenvalue weighted by atomic mass is 10.2. The van der Waals surface area contributed by atoms with E-state index in [2.05, 4.69) is 14.9 Å². The second-order valence-electron chi connectivity index (χ2n) is 5.72. The molecule has 0 saturated carbocycles. The molecule has 124 valence electrons. The van der Waals surface area contributed by atoms with E-state index in [-0.39, 0.29) is 11.4 Å². The Labute approximate surface area is 139 Å². The van der Waals surface area contributed by atoms with Crippen LogP contribution in [-0.4, -0.2) is 29.6 Å². The first-order valence-electron chi connectivity index (χ1n) is 7.59. The highest BCUT2D eigenvalue weighted by molar-refractivity contribution is 7.89. The van der Waals surface area contributed by atoms with Crippen LogP contribution in [0, 0.1) is 6.92 Å². The van der Waals surface area contributed by atoms with Crippen LogP contribution in [0.5, 0.6) is 5.75 Å². The van der Waals surface area contributed by atoms with Crippen molar-refractivity contribution in [2.45, 2.75) is 24.8 Å². The molecule has 0 spiro atoms. The molecule has 0 amide bonds. The summed E-state index contributed by atoms with van der Waals surface area (Å²) in [7, 11) is -3.70. The van der Waals surface area contributed by atoms with Gasteiger partial charge < -0.3 is 4.74 Å². The topological polar surface area (TPSA) is 85.6 Å². The minimum atomic E-state index is -3.70. The fraction of sp³-hybridized carbons (Fsp3) is 0.250. The number of hydrogen-bond donors (Lipinski definition) is 1. The van der Waals surface area contributed by atoms with Crippen molar-refractivity contribution in [3.8, 4) is 5.75 Å². The van der Waals surface area contributed by atoms with Crippen LogP contribution in [0.4, 0.5) is 0 Å². The van der Waals surface area contributed by atoms with E-state index in [0.717, 1.165) is 17.5 Å². The summed E-state index contributed by atoms with van der Waals surface area (Å²) >= 11 is 0. The van der Waals surface area contributed by atoms with Gasteiger partial charge in [0.2, 0.25) is 10.0 Å². The Morgan fingerprint density at radius 2 is 2.12 bits per heavy atom. The van der Waals surface area contributed by atoms with Gasteiger partial charge in [0.25, 0.3) is 0 Å². The molecule has 1 N–H and O–H groups in total. The van der Waals surface area contributed by atoms with E-state index in [0.29, 0.717) is 23.8 Å². The largest absolute Gasteiger partial charge is 0.492 e. The molecule has 0 bridgehead atoms. The Balaban J connectivity index is 1.63. The van der Waals surface area contributed by atoms with Crippen LogP contribution in [0.25, 0.3) is 5.65 Å². The Hall–Kier alpha value is -2.45. The summed E-state index contributed by atoms with van der Waals surface area (Å²) < 4.78 is 35.1. The predicted octanol–water partition coefficient (Wildman–Crippen LogP) is 1.45. The van der Waals surface area contributed by atoms with Gasteiger partial charge in [0, 0.05) is 12.6 Å². The highest BCUT2D eigenvalue weighted by atomic mass is 32.2. The molecule has 0 unspecified atom stereocenters. The Morgan fingerprint density at radius 3 is 3.00 bits per heavy atom. The lowest BCUT2D eigenvalue weighted by Crippen LogP contribution is -2.24. The van der Waals surface area contributed by atoms with Gasteiger partial charge in [-0.05, 0) is 30.2 Å². The zero-order valence-corrected chi connectivity index (χ0v) is 13.9. The number of para-hydroxylation sites is 1. The first kappa shape index (κ1) is 15.1. The van der Waals surface area contributed by atoms with E-state index in [9.17, 15) is 8.42 Å². The number of hydrogen-bond acceptors (Lipinski definition) is 5. The summed E-state index contributed by atoms with van der Waals surface area (Å²) in [6.07, 6.45) is 2.61. The SMILES string of the molecule is Cc1ccc2nnc(CNS(=O)(=O)c3cccc4c3OCC4)n2c1. The number of nitrogens with zero attached hydrogens (tertiary/aromatic N) is 3. The Kier molecular flexibility index (Phi) is 3.50. The van der Waals surface area contributed by atoms with Gasteiger partial charge in [0.15, 0.2) is 11.5 Å². The van der Waals surface area contributed by atoms with Gasteiger partial charge in [0.05, 0.1) is 13.2 Å². The number of nitrogens with one attached hydrogen (secondary N) is 1. The maximum Gasteiger partial charge on any atom is 0.244 e. The van der Waals surface area contributed by atoms with Crippen molar-refractivity contribution in [3.63, 3.8) is 0 Å². The minimum absolute atomic E-state index is 0.0522. The van der Waals surface area contributed by atoms with E-state index in [1.54, 1.807) is 16.5 Å². The first-order valence-corrected chi connectivity index (χ1v) is 9.07. The smallest absolute Gasteiger partial charge is 0.244 e. The molecule has 0 fully saturated rings. The average molecular weight is 344 g/mol. The molecule has 0 atom stereocenters. The number of rotatable bonds is 4. The van der Waals surface area contributed by atoms with E-state index < -0.39 is 10.0 Å². The molecule has 4 rings (SSSR count). The zero-order valence-electron chi connectivity index (χ0n) is 13.1. The molecule has 1 aromatic carbocycles. The van der Waals surface area contributed by atoms with Crippen molar-refractivity contribution < 1.29 is 13.2 Å². The lowest BCUT2D eigenvalue weighted by Gasteiger charge is -2.10. The monoisotopic (exact) mass is 344 g/mol. The standard InChI is InChI=1S/C16H16N4O3S/c1-11-5-6-14-18-19-15(20(14)10-11)9-17-24(21,22)13-4-2-3-12-7-8-23-16(12)13/h2-6,10,17H,7-9H2,1H3. The fourth-order valence-corrected chi connectivity index (χ4v) is 3.97. The van der Waals surface area contributed by atoms with Gasteiger partial charge >= 0.3 is 0 Å². The van der Waals surface area contributed by atoms with Crippen molar-refractivity contribution in [1.29, 1.82) is 0 Å². The molecule has 0 saturated heterocycles. The first-order chi connectivity index (χ1) is 11.5. The third-order valence-electron chi connectivity index (χ3n) is 4.01. The van der Waals surface area contributed by atoms with E-state index in [4.69, 9.17) is 4.74 Å². The maximum atomic E-state index is 12.6. The van der Waals surface area contributed by atoms with Crippen LogP contribution in [0.2, 0.25) is 0 Å². The molecule has 1 aliphatic rings. The minimum Gasteiger partial charge on any atom is -0.492 e. The zero-order chi connectivity index (χ0) is 16.7. The number of aromatic nitrogens is 3. The fourth-order valence-electron chi connectivity index (χ4n) is 2.80. The van der Waals surface area contributed by atoms with Crippen molar-refractivity contribution in [3.05, 3.63) is 53.5 Å². The summed E-state index contributed by atoms with van der Waals surface area (Å²) in [6.45, 7) is 2.52.